The first-order chi connectivity index (χ1) is 18.7. The number of nitrogens with one attached hydrogen (secondary N) is 2. The van der Waals surface area contributed by atoms with Crippen molar-refractivity contribution in [2.75, 3.05) is 12.3 Å². The van der Waals surface area contributed by atoms with Crippen molar-refractivity contribution in [3.63, 3.8) is 0 Å². The Bertz CT molecular complexity index is 1820. The van der Waals surface area contributed by atoms with Gasteiger partial charge in [0.1, 0.15) is 17.3 Å². The van der Waals surface area contributed by atoms with Crippen LogP contribution >= 0.6 is 0 Å². The van der Waals surface area contributed by atoms with Crippen molar-refractivity contribution in [3.8, 4) is 11.8 Å². The predicted octanol–water partition coefficient (Wildman–Crippen LogP) is 2.73. The number of rotatable bonds is 9. The molecule has 2 aromatic heterocycles. The van der Waals surface area contributed by atoms with Crippen LogP contribution in [0.3, 0.4) is 0 Å². The summed E-state index contributed by atoms with van der Waals surface area (Å²) in [6, 6.07) is 20.4. The summed E-state index contributed by atoms with van der Waals surface area (Å²) in [6.45, 7) is 0.122. The zero-order chi connectivity index (χ0) is 27.6. The lowest BCUT2D eigenvalue weighted by molar-refractivity contribution is 0.0948. The van der Waals surface area contributed by atoms with Gasteiger partial charge in [-0.2, -0.15) is 0 Å². The van der Waals surface area contributed by atoms with Gasteiger partial charge in [-0.1, -0.05) is 36.4 Å². The highest BCUT2D eigenvalue weighted by Crippen LogP contribution is 2.30. The summed E-state index contributed by atoms with van der Waals surface area (Å²) >= 11 is 0. The number of hydrogen-bond donors (Lipinski definition) is 4. The number of carbonyl (C=O) groups is 1. The van der Waals surface area contributed by atoms with Crippen LogP contribution in [0.2, 0.25) is 0 Å². The highest BCUT2D eigenvalue weighted by Gasteiger charge is 2.19. The first-order valence-electron chi connectivity index (χ1n) is 11.9. The minimum Gasteiger partial charge on any atom is -0.424 e. The van der Waals surface area contributed by atoms with Gasteiger partial charge in [0.05, 0.1) is 5.75 Å². The molecule has 0 bridgehead atoms. The largest absolute Gasteiger partial charge is 0.424 e. The first kappa shape index (κ1) is 25.8. The molecule has 1 amide bonds. The fourth-order valence-corrected chi connectivity index (χ4v) is 4.73. The third-order valence-electron chi connectivity index (χ3n) is 6.12. The maximum absolute atomic E-state index is 13.2. The molecule has 0 aliphatic rings. The smallest absolute Gasteiger partial charge is 0.321 e. The predicted molar refractivity (Wildman–Crippen MR) is 148 cm³/mol. The maximum atomic E-state index is 13.2. The molecule has 2 heterocycles. The van der Waals surface area contributed by atoms with Gasteiger partial charge in [-0.15, -0.1) is 0 Å². The normalized spacial score (nSPS) is 11.5. The van der Waals surface area contributed by atoms with E-state index in [0.717, 1.165) is 21.7 Å². The van der Waals surface area contributed by atoms with Gasteiger partial charge in [0.2, 0.25) is 10.0 Å². The molecule has 198 valence electrons. The third-order valence-corrected chi connectivity index (χ3v) is 6.89. The van der Waals surface area contributed by atoms with Crippen LogP contribution in [-0.4, -0.2) is 47.0 Å². The van der Waals surface area contributed by atoms with Crippen molar-refractivity contribution >= 4 is 43.4 Å². The van der Waals surface area contributed by atoms with E-state index in [1.807, 2.05) is 36.4 Å². The number of nitrogen functional groups attached to an aromatic ring is 1. The standard InChI is InChI=1S/C27H25N7O4S/c28-25(29)19-7-6-18-14-24(26(35)31-10-11-39(30,36)37)34(23(18)15-19)16-20-13-21(38-27-32-8-3-9-33-27)12-17-4-1-2-5-22(17)20/h1-9,12-15H,10-11,16H2,(H3,28,29)(H,31,35)(H2,30,36,37). The van der Waals surface area contributed by atoms with Crippen LogP contribution in [0.25, 0.3) is 21.7 Å². The summed E-state index contributed by atoms with van der Waals surface area (Å²) in [5, 5.41) is 18.2. The van der Waals surface area contributed by atoms with Crippen molar-refractivity contribution in [2.45, 2.75) is 6.54 Å². The number of carbonyl (C=O) groups excluding carboxylic acids is 1. The third kappa shape index (κ3) is 5.87. The fourth-order valence-electron chi connectivity index (χ4n) is 4.34. The van der Waals surface area contributed by atoms with Gasteiger partial charge < -0.3 is 20.4 Å². The Morgan fingerprint density at radius 3 is 2.51 bits per heavy atom. The molecule has 0 radical (unpaired) electrons. The molecule has 6 N–H and O–H groups in total. The molecule has 0 saturated heterocycles. The summed E-state index contributed by atoms with van der Waals surface area (Å²) in [5.41, 5.74) is 8.09. The Hall–Kier alpha value is -4.81. The molecule has 12 heteroatoms. The summed E-state index contributed by atoms with van der Waals surface area (Å²) in [6.07, 6.45) is 3.17. The van der Waals surface area contributed by atoms with Crippen molar-refractivity contribution in [1.82, 2.24) is 19.9 Å². The van der Waals surface area contributed by atoms with Crippen molar-refractivity contribution in [2.24, 2.45) is 10.9 Å². The Labute approximate surface area is 224 Å². The second kappa shape index (κ2) is 10.5. The van der Waals surface area contributed by atoms with Crippen LogP contribution in [0.15, 0.2) is 79.1 Å². The minimum absolute atomic E-state index is 0.104. The molecule has 0 aliphatic heterocycles. The minimum atomic E-state index is -3.74. The molecule has 0 unspecified atom stereocenters. The summed E-state index contributed by atoms with van der Waals surface area (Å²) in [4.78, 5) is 21.5. The van der Waals surface area contributed by atoms with Crippen molar-refractivity contribution < 1.29 is 17.9 Å². The molecule has 5 rings (SSSR count). The molecule has 0 atom stereocenters. The average molecular weight is 544 g/mol. The number of nitrogens with zero attached hydrogens (tertiary/aromatic N) is 3. The van der Waals surface area contributed by atoms with Gasteiger partial charge in [0, 0.05) is 41.9 Å². The van der Waals surface area contributed by atoms with Gasteiger partial charge in [-0.05, 0) is 46.7 Å². The zero-order valence-corrected chi connectivity index (χ0v) is 21.5. The number of sulfonamides is 1. The monoisotopic (exact) mass is 543 g/mol. The van der Waals surface area contributed by atoms with Crippen LogP contribution in [0, 0.1) is 5.41 Å². The molecule has 0 fully saturated rings. The van der Waals surface area contributed by atoms with E-state index in [0.29, 0.717) is 22.5 Å². The molecule has 5 aromatic rings. The summed E-state index contributed by atoms with van der Waals surface area (Å²) in [5.74, 6) is -0.435. The number of benzene rings is 3. The van der Waals surface area contributed by atoms with E-state index in [1.165, 1.54) is 0 Å². The molecule has 11 nitrogen and oxygen atoms in total. The van der Waals surface area contributed by atoms with E-state index in [-0.39, 0.29) is 30.7 Å². The Morgan fingerprint density at radius 2 is 1.77 bits per heavy atom. The quantitative estimate of drug-likeness (QED) is 0.163. The van der Waals surface area contributed by atoms with E-state index in [1.54, 1.807) is 47.3 Å². The molecule has 3 aromatic carbocycles. The van der Waals surface area contributed by atoms with Crippen LogP contribution in [0.4, 0.5) is 0 Å². The van der Waals surface area contributed by atoms with Gasteiger partial charge in [0.15, 0.2) is 0 Å². The second-order valence-corrected chi connectivity index (χ2v) is 10.6. The van der Waals surface area contributed by atoms with Gasteiger partial charge in [-0.25, -0.2) is 23.5 Å². The maximum Gasteiger partial charge on any atom is 0.321 e. The Balaban J connectivity index is 1.60. The lowest BCUT2D eigenvalue weighted by Crippen LogP contribution is -2.32. The highest BCUT2D eigenvalue weighted by atomic mass is 32.2. The van der Waals surface area contributed by atoms with Crippen LogP contribution in [0.1, 0.15) is 21.6 Å². The lowest BCUT2D eigenvalue weighted by Gasteiger charge is -2.15. The summed E-state index contributed by atoms with van der Waals surface area (Å²) in [7, 11) is -3.74. The lowest BCUT2D eigenvalue weighted by atomic mass is 10.0. The Morgan fingerprint density at radius 1 is 1.00 bits per heavy atom. The van der Waals surface area contributed by atoms with E-state index < -0.39 is 15.9 Å². The number of fused-ring (bicyclic) bond motifs is 2. The first-order valence-corrected chi connectivity index (χ1v) is 13.6. The zero-order valence-electron chi connectivity index (χ0n) is 20.7. The number of primary sulfonamides is 1. The number of aromatic nitrogens is 3. The molecule has 0 aliphatic carbocycles. The molecule has 39 heavy (non-hydrogen) atoms. The Kier molecular flexibility index (Phi) is 6.96. The molecule has 0 saturated carbocycles. The van der Waals surface area contributed by atoms with E-state index in [4.69, 9.17) is 21.0 Å². The molecular formula is C27H25N7O4S. The van der Waals surface area contributed by atoms with E-state index in [9.17, 15) is 13.2 Å². The SMILES string of the molecule is N=C(N)c1ccc2cc(C(=O)NCCS(N)(=O)=O)n(Cc3cc(Oc4ncccn4)cc4ccccc34)c2c1. The number of nitrogens with two attached hydrogens (primary N) is 2. The van der Waals surface area contributed by atoms with E-state index in [2.05, 4.69) is 15.3 Å². The van der Waals surface area contributed by atoms with E-state index >= 15 is 0 Å². The van der Waals surface area contributed by atoms with Crippen molar-refractivity contribution in [3.05, 3.63) is 95.9 Å². The number of ether oxygens (including phenoxy) is 1. The van der Waals surface area contributed by atoms with Crippen molar-refractivity contribution in [1.29, 1.82) is 5.41 Å². The molecular weight excluding hydrogens is 518 g/mol. The van der Waals surface area contributed by atoms with Crippen LogP contribution in [-0.2, 0) is 16.6 Å². The average Bonchev–Trinajstić information content (AvgIpc) is 3.26. The van der Waals surface area contributed by atoms with Gasteiger partial charge in [-0.3, -0.25) is 10.2 Å². The van der Waals surface area contributed by atoms with Crippen LogP contribution in [0.5, 0.6) is 11.8 Å². The van der Waals surface area contributed by atoms with Gasteiger partial charge in [0.25, 0.3) is 5.91 Å². The highest BCUT2D eigenvalue weighted by molar-refractivity contribution is 7.89. The number of amidine groups is 1. The van der Waals surface area contributed by atoms with Crippen LogP contribution < -0.4 is 20.9 Å². The summed E-state index contributed by atoms with van der Waals surface area (Å²) < 4.78 is 30.4. The fraction of sp³-hybridized carbons (Fsp3) is 0.111. The topological polar surface area (TPSA) is 179 Å². The van der Waals surface area contributed by atoms with Gasteiger partial charge >= 0.3 is 6.01 Å². The molecule has 0 spiro atoms. The number of hydrogen-bond acceptors (Lipinski definition) is 7. The second-order valence-electron chi connectivity index (χ2n) is 8.86. The number of amides is 1.